The summed E-state index contributed by atoms with van der Waals surface area (Å²) in [5.74, 6) is 2.04. The van der Waals surface area contributed by atoms with Gasteiger partial charge in [0.2, 0.25) is 5.91 Å². The van der Waals surface area contributed by atoms with Gasteiger partial charge in [0.1, 0.15) is 0 Å². The molecule has 0 saturated carbocycles. The van der Waals surface area contributed by atoms with Crippen molar-refractivity contribution in [1.82, 2.24) is 10.2 Å². The van der Waals surface area contributed by atoms with Crippen molar-refractivity contribution in [1.29, 1.82) is 0 Å². The summed E-state index contributed by atoms with van der Waals surface area (Å²) in [7, 11) is 3.21. The Morgan fingerprint density at radius 1 is 1.23 bits per heavy atom. The van der Waals surface area contributed by atoms with Crippen LogP contribution in [0, 0.1) is 0 Å². The van der Waals surface area contributed by atoms with Crippen LogP contribution in [0.1, 0.15) is 37.7 Å². The van der Waals surface area contributed by atoms with E-state index in [1.165, 1.54) is 0 Å². The van der Waals surface area contributed by atoms with Crippen LogP contribution in [0.2, 0.25) is 0 Å². The smallest absolute Gasteiger partial charge is 0.222 e. The number of nitrogens with two attached hydrogens (primary N) is 1. The highest BCUT2D eigenvalue weighted by molar-refractivity contribution is 5.78. The highest BCUT2D eigenvalue weighted by Gasteiger charge is 2.15. The molecular weight excluding hydrogens is 332 g/mol. The molecule has 7 heteroatoms. The van der Waals surface area contributed by atoms with Gasteiger partial charge < -0.3 is 25.4 Å². The van der Waals surface area contributed by atoms with E-state index in [1.54, 1.807) is 14.2 Å². The molecule has 0 aromatic heterocycles. The van der Waals surface area contributed by atoms with Crippen molar-refractivity contribution in [3.63, 3.8) is 0 Å². The maximum Gasteiger partial charge on any atom is 0.222 e. The van der Waals surface area contributed by atoms with Crippen LogP contribution in [0.5, 0.6) is 11.5 Å². The minimum absolute atomic E-state index is 0.276. The molecule has 1 heterocycles. The van der Waals surface area contributed by atoms with Crippen molar-refractivity contribution in [2.45, 2.75) is 38.6 Å². The quantitative estimate of drug-likeness (QED) is 0.419. The van der Waals surface area contributed by atoms with Crippen molar-refractivity contribution in [3.8, 4) is 11.5 Å². The first kappa shape index (κ1) is 19.9. The summed E-state index contributed by atoms with van der Waals surface area (Å²) in [5.41, 5.74) is 6.91. The van der Waals surface area contributed by atoms with Crippen molar-refractivity contribution in [2.75, 3.05) is 33.9 Å². The topological polar surface area (TPSA) is 89.2 Å². The summed E-state index contributed by atoms with van der Waals surface area (Å²) >= 11 is 0. The second kappa shape index (κ2) is 10.5. The molecule has 1 saturated heterocycles. The molecule has 0 spiro atoms. The lowest BCUT2D eigenvalue weighted by Crippen LogP contribution is -2.36. The van der Waals surface area contributed by atoms with Crippen LogP contribution in [0.3, 0.4) is 0 Å². The summed E-state index contributed by atoms with van der Waals surface area (Å²) < 4.78 is 10.5. The Hall–Kier alpha value is -2.44. The highest BCUT2D eigenvalue weighted by Crippen LogP contribution is 2.27. The molecule has 1 amide bonds. The second-order valence-corrected chi connectivity index (χ2v) is 6.36. The first-order chi connectivity index (χ1) is 12.6. The van der Waals surface area contributed by atoms with Crippen molar-refractivity contribution >= 4 is 11.9 Å². The number of hydrogen-bond donors (Lipinski definition) is 2. The number of carbonyl (C=O) groups excluding carboxylic acids is 1. The van der Waals surface area contributed by atoms with E-state index in [0.717, 1.165) is 44.3 Å². The molecule has 0 aliphatic carbocycles. The normalized spacial score (nSPS) is 15.5. The van der Waals surface area contributed by atoms with Crippen LogP contribution >= 0.6 is 0 Å². The SMILES string of the molecule is COc1ccc(CN=C(N)NCCCN2CCCCCC2=O)cc1OC. The van der Waals surface area contributed by atoms with Crippen molar-refractivity contribution < 1.29 is 14.3 Å². The Labute approximate surface area is 155 Å². The first-order valence-corrected chi connectivity index (χ1v) is 9.16. The predicted octanol–water partition coefficient (Wildman–Crippen LogP) is 1.90. The van der Waals surface area contributed by atoms with Gasteiger partial charge in [-0.05, 0) is 37.0 Å². The molecule has 1 aliphatic heterocycles. The molecule has 0 bridgehead atoms. The van der Waals surface area contributed by atoms with Gasteiger partial charge in [0.15, 0.2) is 17.5 Å². The Morgan fingerprint density at radius 3 is 2.81 bits per heavy atom. The number of rotatable bonds is 8. The lowest BCUT2D eigenvalue weighted by Gasteiger charge is -2.20. The number of nitrogens with one attached hydrogen (secondary N) is 1. The van der Waals surface area contributed by atoms with E-state index in [4.69, 9.17) is 15.2 Å². The monoisotopic (exact) mass is 362 g/mol. The van der Waals surface area contributed by atoms with Gasteiger partial charge in [-0.25, -0.2) is 4.99 Å². The van der Waals surface area contributed by atoms with Crippen molar-refractivity contribution in [3.05, 3.63) is 23.8 Å². The summed E-state index contributed by atoms with van der Waals surface area (Å²) in [6.45, 7) is 2.81. The fraction of sp³-hybridized carbons (Fsp3) is 0.579. The van der Waals surface area contributed by atoms with Gasteiger partial charge in [-0.1, -0.05) is 12.5 Å². The van der Waals surface area contributed by atoms with Gasteiger partial charge in [-0.3, -0.25) is 4.79 Å². The molecule has 1 aliphatic rings. The molecule has 0 atom stereocenters. The number of hydrogen-bond acceptors (Lipinski definition) is 4. The molecule has 2 rings (SSSR count). The minimum Gasteiger partial charge on any atom is -0.493 e. The van der Waals surface area contributed by atoms with Gasteiger partial charge in [0, 0.05) is 26.1 Å². The zero-order chi connectivity index (χ0) is 18.8. The Bertz CT molecular complexity index is 619. The van der Waals surface area contributed by atoms with Gasteiger partial charge in [-0.2, -0.15) is 0 Å². The standard InChI is InChI=1S/C19H30N4O3/c1-25-16-9-8-15(13-17(16)26-2)14-22-19(20)21-10-6-12-23-11-5-3-4-7-18(23)24/h8-9,13H,3-7,10-12,14H2,1-2H3,(H3,20,21,22). The molecule has 7 nitrogen and oxygen atoms in total. The zero-order valence-corrected chi connectivity index (χ0v) is 15.8. The molecule has 1 aromatic rings. The molecule has 0 unspecified atom stereocenters. The number of benzene rings is 1. The highest BCUT2D eigenvalue weighted by atomic mass is 16.5. The minimum atomic E-state index is 0.276. The summed E-state index contributed by atoms with van der Waals surface area (Å²) in [5, 5.41) is 3.11. The van der Waals surface area contributed by atoms with Gasteiger partial charge in [-0.15, -0.1) is 0 Å². The van der Waals surface area contributed by atoms with Crippen LogP contribution in [-0.2, 0) is 11.3 Å². The van der Waals surface area contributed by atoms with E-state index in [9.17, 15) is 4.79 Å². The number of carbonyl (C=O) groups is 1. The molecule has 1 aromatic carbocycles. The van der Waals surface area contributed by atoms with Crippen LogP contribution in [-0.4, -0.2) is 50.6 Å². The number of nitrogens with zero attached hydrogens (tertiary/aromatic N) is 2. The van der Waals surface area contributed by atoms with Gasteiger partial charge in [0.05, 0.1) is 20.8 Å². The molecule has 0 radical (unpaired) electrons. The second-order valence-electron chi connectivity index (χ2n) is 6.36. The molecule has 1 fully saturated rings. The van der Waals surface area contributed by atoms with Crippen molar-refractivity contribution in [2.24, 2.45) is 10.7 Å². The zero-order valence-electron chi connectivity index (χ0n) is 15.8. The van der Waals surface area contributed by atoms with E-state index >= 15 is 0 Å². The third-order valence-electron chi connectivity index (χ3n) is 4.46. The lowest BCUT2D eigenvalue weighted by molar-refractivity contribution is -0.130. The molecule has 26 heavy (non-hydrogen) atoms. The van der Waals surface area contributed by atoms with Gasteiger partial charge >= 0.3 is 0 Å². The number of methoxy groups -OCH3 is 2. The Balaban J connectivity index is 1.73. The first-order valence-electron chi connectivity index (χ1n) is 9.16. The molecule has 3 N–H and O–H groups in total. The maximum atomic E-state index is 11.9. The third-order valence-corrected chi connectivity index (χ3v) is 4.46. The Morgan fingerprint density at radius 2 is 2.04 bits per heavy atom. The average Bonchev–Trinajstić information content (AvgIpc) is 2.87. The van der Waals surface area contributed by atoms with Gasteiger partial charge in [0.25, 0.3) is 0 Å². The molecular formula is C19H30N4O3. The largest absolute Gasteiger partial charge is 0.493 e. The van der Waals surface area contributed by atoms with E-state index in [2.05, 4.69) is 10.3 Å². The average molecular weight is 362 g/mol. The fourth-order valence-corrected chi connectivity index (χ4v) is 2.97. The third kappa shape index (κ3) is 6.13. The number of likely N-dealkylation sites (tertiary alicyclic amines) is 1. The lowest BCUT2D eigenvalue weighted by atomic mass is 10.2. The summed E-state index contributed by atoms with van der Waals surface area (Å²) in [4.78, 5) is 18.2. The predicted molar refractivity (Wildman–Crippen MR) is 103 cm³/mol. The van der Waals surface area contributed by atoms with Crippen LogP contribution in [0.4, 0.5) is 0 Å². The van der Waals surface area contributed by atoms with E-state index in [0.29, 0.717) is 37.0 Å². The van der Waals surface area contributed by atoms with Crippen LogP contribution < -0.4 is 20.5 Å². The van der Waals surface area contributed by atoms with E-state index < -0.39 is 0 Å². The number of aliphatic imine (C=N–C) groups is 1. The Kier molecular flexibility index (Phi) is 8.05. The number of amides is 1. The molecule has 144 valence electrons. The summed E-state index contributed by atoms with van der Waals surface area (Å²) in [6, 6.07) is 5.68. The van der Waals surface area contributed by atoms with E-state index in [1.807, 2.05) is 23.1 Å². The maximum absolute atomic E-state index is 11.9. The van der Waals surface area contributed by atoms with E-state index in [-0.39, 0.29) is 5.91 Å². The summed E-state index contributed by atoms with van der Waals surface area (Å²) in [6.07, 6.45) is 4.81. The van der Waals surface area contributed by atoms with Crippen LogP contribution in [0.15, 0.2) is 23.2 Å². The van der Waals surface area contributed by atoms with Crippen LogP contribution in [0.25, 0.3) is 0 Å². The number of ether oxygens (including phenoxy) is 2. The number of guanidine groups is 1. The fourth-order valence-electron chi connectivity index (χ4n) is 2.97.